The van der Waals surface area contributed by atoms with E-state index >= 15 is 0 Å². The average molecular weight is 194 g/mol. The molecule has 5 nitrogen and oxygen atoms in total. The zero-order valence-corrected chi connectivity index (χ0v) is 7.53. The number of carbonyl (C=O) groups excluding carboxylic acids is 2. The van der Waals surface area contributed by atoms with E-state index in [0.29, 0.717) is 11.3 Å². The molecule has 74 valence electrons. The second-order valence-corrected chi connectivity index (χ2v) is 3.07. The molecule has 0 radical (unpaired) electrons. The molecule has 2 rings (SSSR count). The minimum absolute atomic E-state index is 0.147. The van der Waals surface area contributed by atoms with Crippen molar-refractivity contribution in [3.05, 3.63) is 23.7 Å². The van der Waals surface area contributed by atoms with Gasteiger partial charge in [0.15, 0.2) is 0 Å². The number of imide groups is 1. The fourth-order valence-corrected chi connectivity index (χ4v) is 1.51. The summed E-state index contributed by atoms with van der Waals surface area (Å²) in [4.78, 5) is 24.3. The van der Waals surface area contributed by atoms with Crippen LogP contribution in [0.15, 0.2) is 16.7 Å². The van der Waals surface area contributed by atoms with Gasteiger partial charge in [-0.2, -0.15) is 0 Å². The summed E-state index contributed by atoms with van der Waals surface area (Å²) in [7, 11) is 0. The van der Waals surface area contributed by atoms with Gasteiger partial charge in [0.1, 0.15) is 5.76 Å². The maximum absolute atomic E-state index is 11.7. The number of hydrogen-bond donors (Lipinski definition) is 1. The molecule has 1 aromatic heterocycles. The first-order valence-electron chi connectivity index (χ1n) is 4.35. The van der Waals surface area contributed by atoms with E-state index in [2.05, 4.69) is 0 Å². The molecule has 2 amide bonds. The van der Waals surface area contributed by atoms with Crippen molar-refractivity contribution in [2.24, 2.45) is 5.73 Å². The lowest BCUT2D eigenvalue weighted by Crippen LogP contribution is -2.44. The second kappa shape index (κ2) is 3.26. The maximum atomic E-state index is 11.7. The molecule has 14 heavy (non-hydrogen) atoms. The zero-order chi connectivity index (χ0) is 10.1. The van der Waals surface area contributed by atoms with Gasteiger partial charge in [-0.05, 0) is 6.07 Å². The van der Waals surface area contributed by atoms with Gasteiger partial charge in [0.2, 0.25) is 5.91 Å². The Balaban J connectivity index is 2.34. The summed E-state index contributed by atoms with van der Waals surface area (Å²) in [5.74, 6) is -0.105. The highest BCUT2D eigenvalue weighted by Gasteiger charge is 2.32. The van der Waals surface area contributed by atoms with Gasteiger partial charge in [-0.15, -0.1) is 0 Å². The highest BCUT2D eigenvalue weighted by molar-refractivity contribution is 6.09. The monoisotopic (exact) mass is 194 g/mol. The van der Waals surface area contributed by atoms with Crippen LogP contribution in [-0.2, 0) is 11.2 Å². The van der Waals surface area contributed by atoms with Crippen molar-refractivity contribution in [3.8, 4) is 0 Å². The molecule has 1 aromatic rings. The lowest BCUT2D eigenvalue weighted by molar-refractivity contribution is -0.128. The van der Waals surface area contributed by atoms with E-state index in [-0.39, 0.29) is 31.3 Å². The molecule has 0 unspecified atom stereocenters. The molecule has 0 bridgehead atoms. The normalized spacial score (nSPS) is 15.9. The quantitative estimate of drug-likeness (QED) is 0.659. The molecule has 0 aliphatic carbocycles. The Morgan fingerprint density at radius 1 is 1.50 bits per heavy atom. The largest absolute Gasteiger partial charge is 0.468 e. The van der Waals surface area contributed by atoms with E-state index in [9.17, 15) is 9.59 Å². The lowest BCUT2D eigenvalue weighted by Gasteiger charge is -2.23. The summed E-state index contributed by atoms with van der Waals surface area (Å²) in [5.41, 5.74) is 5.78. The Bertz CT molecular complexity index is 383. The molecular formula is C9H10N2O3. The van der Waals surface area contributed by atoms with Gasteiger partial charge in [-0.25, -0.2) is 0 Å². The van der Waals surface area contributed by atoms with Crippen LogP contribution in [0.4, 0.5) is 0 Å². The van der Waals surface area contributed by atoms with Crippen LogP contribution in [-0.4, -0.2) is 29.8 Å². The average Bonchev–Trinajstić information content (AvgIpc) is 2.60. The van der Waals surface area contributed by atoms with Crippen molar-refractivity contribution in [2.75, 3.05) is 13.1 Å². The number of carbonyl (C=O) groups is 2. The number of nitrogens with zero attached hydrogens (tertiary/aromatic N) is 1. The number of hydrogen-bond acceptors (Lipinski definition) is 4. The smallest absolute Gasteiger partial charge is 0.264 e. The Kier molecular flexibility index (Phi) is 2.09. The molecule has 5 heteroatoms. The Morgan fingerprint density at radius 3 is 3.00 bits per heavy atom. The van der Waals surface area contributed by atoms with Crippen molar-refractivity contribution in [3.63, 3.8) is 0 Å². The third-order valence-corrected chi connectivity index (χ3v) is 2.19. The Morgan fingerprint density at radius 2 is 2.29 bits per heavy atom. The van der Waals surface area contributed by atoms with Crippen molar-refractivity contribution >= 4 is 11.8 Å². The molecule has 2 N–H and O–H groups in total. The molecule has 0 saturated heterocycles. The highest BCUT2D eigenvalue weighted by atomic mass is 16.3. The van der Waals surface area contributed by atoms with Crippen molar-refractivity contribution in [1.29, 1.82) is 0 Å². The van der Waals surface area contributed by atoms with Gasteiger partial charge in [0.25, 0.3) is 5.91 Å². The predicted octanol–water partition coefficient (Wildman–Crippen LogP) is -0.237. The number of furan rings is 1. The molecule has 2 heterocycles. The maximum Gasteiger partial charge on any atom is 0.264 e. The SMILES string of the molecule is NCCN1C(=O)Cc2occc2C1=O. The molecule has 1 aliphatic rings. The van der Waals surface area contributed by atoms with E-state index in [1.54, 1.807) is 6.07 Å². The van der Waals surface area contributed by atoms with Gasteiger partial charge in [-0.1, -0.05) is 0 Å². The van der Waals surface area contributed by atoms with E-state index in [1.807, 2.05) is 0 Å². The molecule has 0 atom stereocenters. The van der Waals surface area contributed by atoms with Gasteiger partial charge in [0, 0.05) is 13.1 Å². The van der Waals surface area contributed by atoms with Crippen LogP contribution in [0.1, 0.15) is 16.1 Å². The van der Waals surface area contributed by atoms with Crippen LogP contribution in [0.2, 0.25) is 0 Å². The fraction of sp³-hybridized carbons (Fsp3) is 0.333. The van der Waals surface area contributed by atoms with Crippen LogP contribution < -0.4 is 5.73 Å². The summed E-state index contributed by atoms with van der Waals surface area (Å²) in [5, 5.41) is 0. The molecule has 0 spiro atoms. The Hall–Kier alpha value is -1.62. The summed E-state index contributed by atoms with van der Waals surface area (Å²) in [6.45, 7) is 0.549. The molecule has 0 fully saturated rings. The van der Waals surface area contributed by atoms with Gasteiger partial charge in [0.05, 0.1) is 18.2 Å². The van der Waals surface area contributed by atoms with Crippen LogP contribution >= 0.6 is 0 Å². The molecular weight excluding hydrogens is 184 g/mol. The van der Waals surface area contributed by atoms with Crippen molar-refractivity contribution in [1.82, 2.24) is 4.90 Å². The number of fused-ring (bicyclic) bond motifs is 1. The van der Waals surface area contributed by atoms with Gasteiger partial charge >= 0.3 is 0 Å². The first-order chi connectivity index (χ1) is 6.74. The molecule has 0 saturated carbocycles. The van der Waals surface area contributed by atoms with Crippen molar-refractivity contribution in [2.45, 2.75) is 6.42 Å². The first kappa shape index (κ1) is 8.96. The topological polar surface area (TPSA) is 76.5 Å². The standard InChI is InChI=1S/C9H10N2O3/c10-2-3-11-8(12)5-7-6(9(11)13)1-4-14-7/h1,4H,2-3,5,10H2. The summed E-state index contributed by atoms with van der Waals surface area (Å²) < 4.78 is 5.02. The highest BCUT2D eigenvalue weighted by Crippen LogP contribution is 2.20. The lowest BCUT2D eigenvalue weighted by atomic mass is 10.1. The number of nitrogens with two attached hydrogens (primary N) is 1. The second-order valence-electron chi connectivity index (χ2n) is 3.07. The van der Waals surface area contributed by atoms with Crippen LogP contribution in [0.5, 0.6) is 0 Å². The number of rotatable bonds is 2. The molecule has 0 aromatic carbocycles. The predicted molar refractivity (Wildman–Crippen MR) is 47.5 cm³/mol. The summed E-state index contributed by atoms with van der Waals surface area (Å²) >= 11 is 0. The first-order valence-corrected chi connectivity index (χ1v) is 4.35. The van der Waals surface area contributed by atoms with Gasteiger partial charge in [-0.3, -0.25) is 14.5 Å². The van der Waals surface area contributed by atoms with E-state index in [0.717, 1.165) is 4.90 Å². The minimum Gasteiger partial charge on any atom is -0.468 e. The summed E-state index contributed by atoms with van der Waals surface area (Å²) in [6, 6.07) is 1.58. The molecule has 1 aliphatic heterocycles. The third-order valence-electron chi connectivity index (χ3n) is 2.19. The van der Waals surface area contributed by atoms with Crippen molar-refractivity contribution < 1.29 is 14.0 Å². The zero-order valence-electron chi connectivity index (χ0n) is 7.53. The van der Waals surface area contributed by atoms with Crippen LogP contribution in [0.3, 0.4) is 0 Å². The third kappa shape index (κ3) is 1.22. The minimum atomic E-state index is -0.310. The van der Waals surface area contributed by atoms with E-state index in [1.165, 1.54) is 6.26 Å². The van der Waals surface area contributed by atoms with E-state index < -0.39 is 0 Å². The summed E-state index contributed by atoms with van der Waals surface area (Å²) in [6.07, 6.45) is 1.57. The van der Waals surface area contributed by atoms with Crippen LogP contribution in [0.25, 0.3) is 0 Å². The van der Waals surface area contributed by atoms with Gasteiger partial charge < -0.3 is 10.2 Å². The number of amides is 2. The van der Waals surface area contributed by atoms with Crippen LogP contribution in [0, 0.1) is 0 Å². The fourth-order valence-electron chi connectivity index (χ4n) is 1.51. The van der Waals surface area contributed by atoms with E-state index in [4.69, 9.17) is 10.2 Å². The Labute approximate surface area is 80.5 Å².